The summed E-state index contributed by atoms with van der Waals surface area (Å²) in [6, 6.07) is 9.72. The number of alkyl halides is 2. The van der Waals surface area contributed by atoms with E-state index in [1.807, 2.05) is 37.3 Å². The fourth-order valence-electron chi connectivity index (χ4n) is 3.30. The minimum absolute atomic E-state index is 0.118. The Labute approximate surface area is 149 Å². The lowest BCUT2D eigenvalue weighted by Gasteiger charge is -2.39. The summed E-state index contributed by atoms with van der Waals surface area (Å²) in [5.74, 6) is -3.53. The summed E-state index contributed by atoms with van der Waals surface area (Å²) >= 11 is 0. The topological polar surface area (TPSA) is 53.5 Å². The molecule has 26 heavy (non-hydrogen) atoms. The van der Waals surface area contributed by atoms with Gasteiger partial charge in [-0.25, -0.2) is 8.78 Å². The maximum atomic E-state index is 13.0. The van der Waals surface area contributed by atoms with Crippen molar-refractivity contribution in [3.05, 3.63) is 47.8 Å². The molecule has 2 aromatic rings. The molecule has 1 fully saturated rings. The van der Waals surface area contributed by atoms with Gasteiger partial charge in [-0.1, -0.05) is 29.8 Å². The van der Waals surface area contributed by atoms with E-state index in [9.17, 15) is 18.4 Å². The number of carbonyl (C=O) groups excluding carboxylic acids is 2. The molecule has 1 aromatic heterocycles. The van der Waals surface area contributed by atoms with Crippen molar-refractivity contribution in [2.24, 2.45) is 0 Å². The van der Waals surface area contributed by atoms with Gasteiger partial charge in [0, 0.05) is 11.8 Å². The summed E-state index contributed by atoms with van der Waals surface area (Å²) in [7, 11) is 0. The minimum Gasteiger partial charge on any atom is -0.329 e. The highest BCUT2D eigenvalue weighted by Gasteiger charge is 2.46. The zero-order valence-corrected chi connectivity index (χ0v) is 14.2. The van der Waals surface area contributed by atoms with Crippen molar-refractivity contribution in [3.63, 3.8) is 0 Å². The van der Waals surface area contributed by atoms with Crippen molar-refractivity contribution in [3.8, 4) is 11.1 Å². The number of rotatable bonds is 3. The third-order valence-electron chi connectivity index (χ3n) is 4.70. The highest BCUT2D eigenvalue weighted by molar-refractivity contribution is 6.05. The van der Waals surface area contributed by atoms with Crippen molar-refractivity contribution in [2.45, 2.75) is 19.3 Å². The van der Waals surface area contributed by atoms with Gasteiger partial charge >= 0.3 is 0 Å². The van der Waals surface area contributed by atoms with E-state index in [0.717, 1.165) is 21.6 Å². The number of amides is 2. The normalized spacial score (nSPS) is 17.9. The van der Waals surface area contributed by atoms with Crippen LogP contribution in [0.5, 0.6) is 0 Å². The zero-order valence-electron chi connectivity index (χ0n) is 14.2. The molecule has 0 spiro atoms. The number of benzene rings is 1. The van der Waals surface area contributed by atoms with Gasteiger partial charge in [-0.05, 0) is 18.6 Å². The monoisotopic (exact) mass is 357 g/mol. The van der Waals surface area contributed by atoms with Gasteiger partial charge in [0.15, 0.2) is 0 Å². The molecule has 0 N–H and O–H groups in total. The van der Waals surface area contributed by atoms with Gasteiger partial charge in [-0.3, -0.25) is 14.6 Å². The molecule has 1 saturated heterocycles. The van der Waals surface area contributed by atoms with E-state index in [1.54, 1.807) is 6.20 Å². The second kappa shape index (κ2) is 5.86. The Morgan fingerprint density at radius 1 is 1.23 bits per heavy atom. The van der Waals surface area contributed by atoms with E-state index in [2.05, 4.69) is 4.98 Å². The van der Waals surface area contributed by atoms with Gasteiger partial charge in [0.2, 0.25) is 11.8 Å². The van der Waals surface area contributed by atoms with Crippen LogP contribution >= 0.6 is 0 Å². The van der Waals surface area contributed by atoms with Crippen molar-refractivity contribution in [1.82, 2.24) is 9.88 Å². The molecule has 4 rings (SSSR count). The van der Waals surface area contributed by atoms with E-state index < -0.39 is 24.9 Å². The Kier molecular flexibility index (Phi) is 3.75. The smallest absolute Gasteiger partial charge is 0.282 e. The third-order valence-corrected chi connectivity index (χ3v) is 4.70. The third kappa shape index (κ3) is 2.94. The highest BCUT2D eigenvalue weighted by Crippen LogP contribution is 2.33. The van der Waals surface area contributed by atoms with Crippen molar-refractivity contribution >= 4 is 17.5 Å². The van der Waals surface area contributed by atoms with Crippen LogP contribution in [0.15, 0.2) is 36.5 Å². The van der Waals surface area contributed by atoms with Crippen LogP contribution in [0.4, 0.5) is 14.5 Å². The van der Waals surface area contributed by atoms with Gasteiger partial charge in [0.05, 0.1) is 30.9 Å². The molecule has 0 aliphatic carbocycles. The molecule has 1 aromatic carbocycles. The first kappa shape index (κ1) is 16.6. The van der Waals surface area contributed by atoms with E-state index in [1.165, 1.54) is 4.90 Å². The molecule has 2 aliphatic heterocycles. The lowest BCUT2D eigenvalue weighted by atomic mass is 10.0. The van der Waals surface area contributed by atoms with Gasteiger partial charge in [0.1, 0.15) is 6.54 Å². The number of nitrogens with zero attached hydrogens (tertiary/aromatic N) is 3. The van der Waals surface area contributed by atoms with Crippen LogP contribution in [0.2, 0.25) is 0 Å². The van der Waals surface area contributed by atoms with Crippen LogP contribution in [-0.2, 0) is 16.0 Å². The summed E-state index contributed by atoms with van der Waals surface area (Å²) in [6.07, 6.45) is 1.83. The largest absolute Gasteiger partial charge is 0.329 e. The van der Waals surface area contributed by atoms with Crippen LogP contribution < -0.4 is 4.90 Å². The second-order valence-electron chi connectivity index (χ2n) is 6.82. The average Bonchev–Trinajstić information content (AvgIpc) is 2.87. The van der Waals surface area contributed by atoms with Crippen LogP contribution in [0.3, 0.4) is 0 Å². The molecule has 0 bridgehead atoms. The number of hydrogen-bond donors (Lipinski definition) is 0. The number of anilines is 1. The van der Waals surface area contributed by atoms with E-state index in [4.69, 9.17) is 0 Å². The Morgan fingerprint density at radius 2 is 2.00 bits per heavy atom. The van der Waals surface area contributed by atoms with Gasteiger partial charge in [0.25, 0.3) is 5.92 Å². The Balaban J connectivity index is 1.58. The zero-order chi connectivity index (χ0) is 18.5. The molecule has 2 aliphatic rings. The first-order valence-electron chi connectivity index (χ1n) is 8.34. The second-order valence-corrected chi connectivity index (χ2v) is 6.82. The summed E-state index contributed by atoms with van der Waals surface area (Å²) in [4.78, 5) is 31.3. The number of aromatic nitrogens is 1. The van der Waals surface area contributed by atoms with E-state index >= 15 is 0 Å². The van der Waals surface area contributed by atoms with E-state index in [-0.39, 0.29) is 18.9 Å². The quantitative estimate of drug-likeness (QED) is 0.848. The molecule has 0 unspecified atom stereocenters. The van der Waals surface area contributed by atoms with Crippen LogP contribution in [0.25, 0.3) is 11.1 Å². The number of aryl methyl sites for hydroxylation is 1. The predicted molar refractivity (Wildman–Crippen MR) is 92.0 cm³/mol. The van der Waals surface area contributed by atoms with Crippen LogP contribution in [0.1, 0.15) is 11.3 Å². The number of likely N-dealkylation sites (tertiary alicyclic amines) is 1. The number of carbonyl (C=O) groups is 2. The standard InChI is InChI=1S/C19H17F2N3O2/c1-12-3-2-4-13(5-12)14-6-16-15(22-8-14)7-17(25)24(16)9-18(26)23-10-19(20,21)11-23/h2-6,8H,7,9-11H2,1H3. The number of hydrogen-bond acceptors (Lipinski definition) is 3. The first-order chi connectivity index (χ1) is 12.3. The number of fused-ring (bicyclic) bond motifs is 1. The molecule has 3 heterocycles. The lowest BCUT2D eigenvalue weighted by molar-refractivity contribution is -0.164. The molecule has 0 atom stereocenters. The van der Waals surface area contributed by atoms with Gasteiger partial charge < -0.3 is 9.80 Å². The molecule has 0 saturated carbocycles. The Bertz CT molecular complexity index is 905. The van der Waals surface area contributed by atoms with Gasteiger partial charge in [-0.15, -0.1) is 0 Å². The molecular formula is C19H17F2N3O2. The summed E-state index contributed by atoms with van der Waals surface area (Å²) in [5, 5.41) is 0. The lowest BCUT2D eigenvalue weighted by Crippen LogP contribution is -2.60. The van der Waals surface area contributed by atoms with Crippen molar-refractivity contribution < 1.29 is 18.4 Å². The molecule has 134 valence electrons. The predicted octanol–water partition coefficient (Wildman–Crippen LogP) is 2.42. The van der Waals surface area contributed by atoms with Crippen molar-refractivity contribution in [2.75, 3.05) is 24.5 Å². The van der Waals surface area contributed by atoms with E-state index in [0.29, 0.717) is 11.4 Å². The maximum Gasteiger partial charge on any atom is 0.282 e. The molecule has 2 amide bonds. The highest BCUT2D eigenvalue weighted by atomic mass is 19.3. The van der Waals surface area contributed by atoms with Crippen molar-refractivity contribution in [1.29, 1.82) is 0 Å². The molecule has 0 radical (unpaired) electrons. The molecule has 7 heteroatoms. The maximum absolute atomic E-state index is 13.0. The van der Waals surface area contributed by atoms with Crippen LogP contribution in [0, 0.1) is 6.92 Å². The molecular weight excluding hydrogens is 340 g/mol. The number of pyridine rings is 1. The summed E-state index contributed by atoms with van der Waals surface area (Å²) in [5.41, 5.74) is 4.09. The fraction of sp³-hybridized carbons (Fsp3) is 0.316. The minimum atomic E-state index is -2.82. The molecule has 5 nitrogen and oxygen atoms in total. The summed E-state index contributed by atoms with van der Waals surface area (Å²) < 4.78 is 25.9. The number of halogens is 2. The van der Waals surface area contributed by atoms with Gasteiger partial charge in [-0.2, -0.15) is 0 Å². The fourth-order valence-corrected chi connectivity index (χ4v) is 3.30. The SMILES string of the molecule is Cc1cccc(-c2cnc3c(c2)N(CC(=O)N2CC(F)(F)C2)C(=O)C3)c1. The first-order valence-corrected chi connectivity index (χ1v) is 8.34. The Hall–Kier alpha value is -2.83. The average molecular weight is 357 g/mol. The summed E-state index contributed by atoms with van der Waals surface area (Å²) in [6.45, 7) is 0.590. The Morgan fingerprint density at radius 3 is 2.69 bits per heavy atom. The van der Waals surface area contributed by atoms with Crippen LogP contribution in [-0.4, -0.2) is 47.3 Å².